The largest absolute Gasteiger partial charge is 0.468 e. The molecule has 0 saturated heterocycles. The number of para-hydroxylation sites is 3. The summed E-state index contributed by atoms with van der Waals surface area (Å²) in [5.41, 5.74) is 26.3. The zero-order valence-electron chi connectivity index (χ0n) is 47.5. The number of furan rings is 3. The first kappa shape index (κ1) is 49.4. The SMILES string of the molecule is Cc1cc2c3c(c1)N(c1c(C)cc(C(C)(C)C)cc1C)c1c(oc4ccc(C(C)(C)C)cc14)B3c1ccc(N(c3cccc(-c4cc5ccccc5o4)c3)c3cccc(-c4cc5ccccc5o4)c3)cc1N2c1c(C)cccc1C. The van der Waals surface area contributed by atoms with Crippen LogP contribution in [0.1, 0.15) is 80.5 Å². The Morgan fingerprint density at radius 1 is 0.400 bits per heavy atom. The number of hydrogen-bond donors (Lipinski definition) is 0. The van der Waals surface area contributed by atoms with Crippen molar-refractivity contribution >= 4 is 107 Å². The summed E-state index contributed by atoms with van der Waals surface area (Å²) in [6.45, 7) is 24.9. The van der Waals surface area contributed by atoms with Gasteiger partial charge in [-0.05, 0) is 180 Å². The number of rotatable bonds is 7. The fourth-order valence-corrected chi connectivity index (χ4v) is 12.9. The zero-order chi connectivity index (χ0) is 55.1. The summed E-state index contributed by atoms with van der Waals surface area (Å²) < 4.78 is 20.6. The van der Waals surface area contributed by atoms with Crippen molar-refractivity contribution < 1.29 is 13.3 Å². The minimum Gasteiger partial charge on any atom is -0.468 e. The molecule has 14 rings (SSSR count). The molecule has 80 heavy (non-hydrogen) atoms. The van der Waals surface area contributed by atoms with Gasteiger partial charge in [0.05, 0.1) is 22.7 Å². The average Bonchev–Trinajstić information content (AvgIpc) is 4.03. The first-order valence-electron chi connectivity index (χ1n) is 28.1. The van der Waals surface area contributed by atoms with Crippen LogP contribution in [0.15, 0.2) is 201 Å². The maximum Gasteiger partial charge on any atom is 0.297 e. The molecule has 12 aromatic rings. The Labute approximate surface area is 469 Å². The molecule has 2 aliphatic heterocycles. The van der Waals surface area contributed by atoms with Crippen molar-refractivity contribution in [1.82, 2.24) is 0 Å². The molecule has 3 aromatic heterocycles. The highest BCUT2D eigenvalue weighted by Gasteiger charge is 2.48. The molecule has 0 bridgehead atoms. The highest BCUT2D eigenvalue weighted by atomic mass is 16.3. The van der Waals surface area contributed by atoms with Crippen LogP contribution in [0.2, 0.25) is 0 Å². The van der Waals surface area contributed by atoms with E-state index in [2.05, 4.69) is 255 Å². The molecule has 9 aromatic carbocycles. The molecule has 6 nitrogen and oxygen atoms in total. The van der Waals surface area contributed by atoms with Gasteiger partial charge in [-0.25, -0.2) is 0 Å². The topological polar surface area (TPSA) is 49.1 Å². The van der Waals surface area contributed by atoms with Crippen LogP contribution < -0.4 is 31.3 Å². The zero-order valence-corrected chi connectivity index (χ0v) is 47.5. The monoisotopic (exact) mass is 1040 g/mol. The summed E-state index contributed by atoms with van der Waals surface area (Å²) >= 11 is 0. The van der Waals surface area contributed by atoms with Crippen LogP contribution >= 0.6 is 0 Å². The van der Waals surface area contributed by atoms with Gasteiger partial charge in [0.15, 0.2) is 0 Å². The molecule has 392 valence electrons. The second kappa shape index (κ2) is 18.1. The van der Waals surface area contributed by atoms with Gasteiger partial charge in [-0.2, -0.15) is 0 Å². The lowest BCUT2D eigenvalue weighted by atomic mass is 9.35. The fourth-order valence-electron chi connectivity index (χ4n) is 12.9. The maximum absolute atomic E-state index is 7.47. The van der Waals surface area contributed by atoms with Crippen molar-refractivity contribution in [3.8, 4) is 22.6 Å². The molecule has 0 atom stereocenters. The third kappa shape index (κ3) is 7.91. The highest BCUT2D eigenvalue weighted by Crippen LogP contribution is 2.52. The number of aryl methyl sites for hydroxylation is 5. The molecule has 0 spiro atoms. The summed E-state index contributed by atoms with van der Waals surface area (Å²) in [5, 5.41) is 3.26. The van der Waals surface area contributed by atoms with E-state index in [0.29, 0.717) is 0 Å². The second-order valence-corrected chi connectivity index (χ2v) is 24.5. The summed E-state index contributed by atoms with van der Waals surface area (Å²) in [6, 6.07) is 68.5. The van der Waals surface area contributed by atoms with Crippen LogP contribution in [-0.4, -0.2) is 6.71 Å². The number of benzene rings is 9. The van der Waals surface area contributed by atoms with E-state index in [0.717, 1.165) is 95.3 Å². The Kier molecular flexibility index (Phi) is 11.1. The van der Waals surface area contributed by atoms with Crippen molar-refractivity contribution in [1.29, 1.82) is 0 Å². The molecular weight excluding hydrogens is 978 g/mol. The van der Waals surface area contributed by atoms with Crippen LogP contribution in [0.3, 0.4) is 0 Å². The van der Waals surface area contributed by atoms with E-state index in [9.17, 15) is 0 Å². The summed E-state index contributed by atoms with van der Waals surface area (Å²) in [5.74, 6) is 1.63. The van der Waals surface area contributed by atoms with Crippen LogP contribution in [-0.2, 0) is 10.8 Å². The molecule has 0 N–H and O–H groups in total. The van der Waals surface area contributed by atoms with Crippen LogP contribution in [0, 0.1) is 34.6 Å². The predicted octanol–water partition coefficient (Wildman–Crippen LogP) is 18.9. The van der Waals surface area contributed by atoms with Gasteiger partial charge in [0.2, 0.25) is 0 Å². The third-order valence-electron chi connectivity index (χ3n) is 16.8. The Hall–Kier alpha value is -8.94. The predicted molar refractivity (Wildman–Crippen MR) is 336 cm³/mol. The van der Waals surface area contributed by atoms with E-state index in [4.69, 9.17) is 13.3 Å². The lowest BCUT2D eigenvalue weighted by Gasteiger charge is -2.44. The lowest BCUT2D eigenvalue weighted by molar-refractivity contribution is 0.589. The first-order valence-corrected chi connectivity index (χ1v) is 28.1. The molecular formula is C73H64BN3O3. The number of nitrogens with zero attached hydrogens (tertiary/aromatic N) is 3. The van der Waals surface area contributed by atoms with Gasteiger partial charge in [-0.3, -0.25) is 0 Å². The smallest absolute Gasteiger partial charge is 0.297 e. The number of anilines is 9. The Morgan fingerprint density at radius 3 is 1.51 bits per heavy atom. The molecule has 0 saturated carbocycles. The van der Waals surface area contributed by atoms with E-state index < -0.39 is 0 Å². The van der Waals surface area contributed by atoms with E-state index in [1.807, 2.05) is 24.3 Å². The van der Waals surface area contributed by atoms with E-state index in [1.54, 1.807) is 0 Å². The van der Waals surface area contributed by atoms with Crippen LogP contribution in [0.25, 0.3) is 55.6 Å². The van der Waals surface area contributed by atoms with Crippen LogP contribution in [0.5, 0.6) is 0 Å². The highest BCUT2D eigenvalue weighted by molar-refractivity contribution is 7.00. The normalized spacial score (nSPS) is 13.1. The fraction of sp³-hybridized carbons (Fsp3) is 0.178. The van der Waals surface area contributed by atoms with Crippen molar-refractivity contribution in [2.45, 2.75) is 87.0 Å². The van der Waals surface area contributed by atoms with E-state index in [-0.39, 0.29) is 17.5 Å². The molecule has 0 fully saturated rings. The summed E-state index contributed by atoms with van der Waals surface area (Å²) in [4.78, 5) is 7.52. The first-order chi connectivity index (χ1) is 38.5. The Morgan fingerprint density at radius 2 is 0.938 bits per heavy atom. The van der Waals surface area contributed by atoms with Gasteiger partial charge in [0.1, 0.15) is 28.3 Å². The number of fused-ring (bicyclic) bond motifs is 8. The lowest BCUT2D eigenvalue weighted by Crippen LogP contribution is -2.61. The van der Waals surface area contributed by atoms with Crippen molar-refractivity contribution in [3.05, 3.63) is 227 Å². The molecule has 0 radical (unpaired) electrons. The van der Waals surface area contributed by atoms with E-state index in [1.165, 1.54) is 66.9 Å². The summed E-state index contributed by atoms with van der Waals surface area (Å²) in [7, 11) is 0. The van der Waals surface area contributed by atoms with E-state index >= 15 is 0 Å². The average molecular weight is 1040 g/mol. The number of hydrogen-bond acceptors (Lipinski definition) is 6. The van der Waals surface area contributed by atoms with Gasteiger partial charge >= 0.3 is 0 Å². The Bertz CT molecular complexity index is 4270. The van der Waals surface area contributed by atoms with Gasteiger partial charge in [0.25, 0.3) is 6.71 Å². The van der Waals surface area contributed by atoms with Crippen molar-refractivity contribution in [3.63, 3.8) is 0 Å². The van der Waals surface area contributed by atoms with Gasteiger partial charge in [0, 0.05) is 61.4 Å². The second-order valence-electron chi connectivity index (χ2n) is 24.5. The maximum atomic E-state index is 7.47. The standard InChI is InChI=1S/C73H64BN3O3/c1-43-33-60-67-61(34-43)77(69-46(4)35-53(36-47(69)5)73(9,10)11)70-57-41-52(72(6,7)8)29-32-64(57)80-71(70)74(67)58-31-30-56(42-59(58)76(60)68-44(2)19-16-20-45(68)3)75(54-25-17-23-48(37-54)65-39-50-21-12-14-27-62(50)78-65)55-26-18-24-49(38-55)66-40-51-22-13-15-28-63(51)79-66/h12-42H,1-11H3. The quantitative estimate of drug-likeness (QED) is 0.148. The molecule has 0 unspecified atom stereocenters. The van der Waals surface area contributed by atoms with Crippen molar-refractivity contribution in [2.75, 3.05) is 14.7 Å². The van der Waals surface area contributed by atoms with Gasteiger partial charge in [-0.15, -0.1) is 0 Å². The Balaban J connectivity index is 1.04. The summed E-state index contributed by atoms with van der Waals surface area (Å²) in [6.07, 6.45) is 0. The minimum atomic E-state index is -0.238. The third-order valence-corrected chi connectivity index (χ3v) is 16.8. The molecule has 0 amide bonds. The van der Waals surface area contributed by atoms with Gasteiger partial charge < -0.3 is 28.0 Å². The molecule has 2 aliphatic rings. The molecule has 5 heterocycles. The van der Waals surface area contributed by atoms with Crippen molar-refractivity contribution in [2.24, 2.45) is 0 Å². The minimum absolute atomic E-state index is 0.0165. The molecule has 7 heteroatoms. The van der Waals surface area contributed by atoms with Gasteiger partial charge in [-0.1, -0.05) is 145 Å². The molecule has 0 aliphatic carbocycles. The van der Waals surface area contributed by atoms with Crippen LogP contribution in [0.4, 0.5) is 51.2 Å².